The minimum Gasteiger partial charge on any atom is -0.475 e. The summed E-state index contributed by atoms with van der Waals surface area (Å²) >= 11 is 0. The van der Waals surface area contributed by atoms with Crippen molar-refractivity contribution in [2.75, 3.05) is 0 Å². The van der Waals surface area contributed by atoms with Crippen LogP contribution in [0.4, 0.5) is 0 Å². The number of hydrogen-bond donors (Lipinski definition) is 1. The van der Waals surface area contributed by atoms with Crippen LogP contribution in [0.1, 0.15) is 60.3 Å². The van der Waals surface area contributed by atoms with Gasteiger partial charge in [-0.3, -0.25) is 0 Å². The summed E-state index contributed by atoms with van der Waals surface area (Å²) in [5.41, 5.74) is 1.64. The Morgan fingerprint density at radius 2 is 2.21 bits per heavy atom. The van der Waals surface area contributed by atoms with Gasteiger partial charge in [0.1, 0.15) is 0 Å². The summed E-state index contributed by atoms with van der Waals surface area (Å²) in [7, 11) is 0. The van der Waals surface area contributed by atoms with Crippen LogP contribution in [0.2, 0.25) is 0 Å². The topological polar surface area (TPSA) is 63.3 Å². The molecule has 0 aliphatic heterocycles. The molecule has 0 radical (unpaired) electrons. The summed E-state index contributed by atoms with van der Waals surface area (Å²) < 4.78 is 4.87. The van der Waals surface area contributed by atoms with E-state index >= 15 is 0 Å². The smallest absolute Gasteiger partial charge is 0.375 e. The van der Waals surface area contributed by atoms with Crippen molar-refractivity contribution < 1.29 is 14.4 Å². The third-order valence-electron chi connectivity index (χ3n) is 2.49. The third-order valence-corrected chi connectivity index (χ3v) is 2.49. The van der Waals surface area contributed by atoms with Crippen molar-refractivity contribution in [2.24, 2.45) is 0 Å². The highest BCUT2D eigenvalue weighted by molar-refractivity contribution is 5.86. The van der Waals surface area contributed by atoms with Gasteiger partial charge >= 0.3 is 5.97 Å². The Hall–Kier alpha value is -1.32. The molecule has 0 spiro atoms. The molecule has 1 heterocycles. The zero-order chi connectivity index (χ0) is 10.3. The van der Waals surface area contributed by atoms with Gasteiger partial charge in [-0.15, -0.1) is 0 Å². The van der Waals surface area contributed by atoms with E-state index in [-0.39, 0.29) is 11.7 Å². The Bertz CT molecular complexity index is 363. The van der Waals surface area contributed by atoms with E-state index < -0.39 is 5.97 Å². The highest BCUT2D eigenvalue weighted by Crippen LogP contribution is 2.43. The number of aromatic nitrogens is 1. The molecule has 0 aromatic carbocycles. The van der Waals surface area contributed by atoms with E-state index in [4.69, 9.17) is 9.63 Å². The zero-order valence-corrected chi connectivity index (χ0v) is 8.28. The van der Waals surface area contributed by atoms with Gasteiger partial charge in [0.15, 0.2) is 0 Å². The Morgan fingerprint density at radius 3 is 2.64 bits per heavy atom. The van der Waals surface area contributed by atoms with Crippen LogP contribution in [0.3, 0.4) is 0 Å². The molecule has 1 saturated carbocycles. The Balaban J connectivity index is 2.46. The molecule has 1 aromatic heterocycles. The number of aromatic carboxylic acids is 1. The normalized spacial score (nSPS) is 16.2. The Kier molecular flexibility index (Phi) is 2.06. The largest absolute Gasteiger partial charge is 0.475 e. The summed E-state index contributed by atoms with van der Waals surface area (Å²) in [4.78, 5) is 10.8. The van der Waals surface area contributed by atoms with E-state index in [0.717, 1.165) is 24.1 Å². The summed E-state index contributed by atoms with van der Waals surface area (Å²) in [6.45, 7) is 3.93. The second-order valence-electron chi connectivity index (χ2n) is 4.04. The molecule has 76 valence electrons. The molecule has 1 N–H and O–H groups in total. The van der Waals surface area contributed by atoms with Crippen molar-refractivity contribution in [2.45, 2.75) is 38.5 Å². The van der Waals surface area contributed by atoms with Gasteiger partial charge < -0.3 is 9.63 Å². The average molecular weight is 195 g/mol. The highest BCUT2D eigenvalue weighted by atomic mass is 16.5. The first-order valence-electron chi connectivity index (χ1n) is 4.84. The Labute approximate surface area is 81.9 Å². The second-order valence-corrected chi connectivity index (χ2v) is 4.04. The first kappa shape index (κ1) is 9.24. The summed E-state index contributed by atoms with van der Waals surface area (Å²) in [5.74, 6) is -0.415. The maximum atomic E-state index is 10.8. The standard InChI is InChI=1S/C10H13NO3/c1-5(2)7-8(6-3-4-6)11-14-9(7)10(12)13/h5-6H,3-4H2,1-2H3,(H,12,13). The molecule has 0 saturated heterocycles. The van der Waals surface area contributed by atoms with Gasteiger partial charge in [0.05, 0.1) is 5.69 Å². The lowest BCUT2D eigenvalue weighted by Crippen LogP contribution is -2.02. The second kappa shape index (κ2) is 3.12. The molecular weight excluding hydrogens is 182 g/mol. The lowest BCUT2D eigenvalue weighted by molar-refractivity contribution is 0.0649. The van der Waals surface area contributed by atoms with Crippen molar-refractivity contribution in [1.29, 1.82) is 0 Å². The van der Waals surface area contributed by atoms with Gasteiger partial charge in [-0.25, -0.2) is 4.79 Å². The molecule has 1 aliphatic carbocycles. The van der Waals surface area contributed by atoms with E-state index in [2.05, 4.69) is 5.16 Å². The van der Waals surface area contributed by atoms with E-state index in [1.807, 2.05) is 13.8 Å². The predicted octanol–water partition coefficient (Wildman–Crippen LogP) is 2.37. The molecule has 0 unspecified atom stereocenters. The monoisotopic (exact) mass is 195 g/mol. The van der Waals surface area contributed by atoms with Crippen LogP contribution in [-0.4, -0.2) is 16.2 Å². The fourth-order valence-electron chi connectivity index (χ4n) is 1.67. The molecule has 4 heteroatoms. The van der Waals surface area contributed by atoms with E-state index in [1.165, 1.54) is 0 Å². The summed E-state index contributed by atoms with van der Waals surface area (Å²) in [6, 6.07) is 0. The van der Waals surface area contributed by atoms with Crippen molar-refractivity contribution in [3.8, 4) is 0 Å². The maximum Gasteiger partial charge on any atom is 0.375 e. The number of nitrogens with zero attached hydrogens (tertiary/aromatic N) is 1. The quantitative estimate of drug-likeness (QED) is 0.804. The minimum atomic E-state index is -1.02. The number of carboxylic acid groups (broad SMARTS) is 1. The molecule has 0 bridgehead atoms. The number of carbonyl (C=O) groups is 1. The van der Waals surface area contributed by atoms with Crippen LogP contribution in [0.5, 0.6) is 0 Å². The first-order valence-corrected chi connectivity index (χ1v) is 4.84. The lowest BCUT2D eigenvalue weighted by Gasteiger charge is -2.03. The third kappa shape index (κ3) is 1.41. The van der Waals surface area contributed by atoms with Gasteiger partial charge in [0.25, 0.3) is 0 Å². The molecule has 1 aliphatic rings. The maximum absolute atomic E-state index is 10.8. The van der Waals surface area contributed by atoms with Crippen LogP contribution >= 0.6 is 0 Å². The molecule has 14 heavy (non-hydrogen) atoms. The van der Waals surface area contributed by atoms with Crippen LogP contribution in [0.15, 0.2) is 4.52 Å². The van der Waals surface area contributed by atoms with Gasteiger partial charge in [0, 0.05) is 11.5 Å². The SMILES string of the molecule is CC(C)c1c(C2CC2)noc1C(=O)O. The molecule has 0 amide bonds. The molecule has 1 aromatic rings. The van der Waals surface area contributed by atoms with Crippen LogP contribution in [0.25, 0.3) is 0 Å². The number of hydrogen-bond acceptors (Lipinski definition) is 3. The predicted molar refractivity (Wildman–Crippen MR) is 49.5 cm³/mol. The van der Waals surface area contributed by atoms with Crippen molar-refractivity contribution >= 4 is 5.97 Å². The average Bonchev–Trinajstić information content (AvgIpc) is 2.83. The fraction of sp³-hybridized carbons (Fsp3) is 0.600. The number of carboxylic acids is 1. The minimum absolute atomic E-state index is 0.0156. The van der Waals surface area contributed by atoms with Crippen molar-refractivity contribution in [3.63, 3.8) is 0 Å². The van der Waals surface area contributed by atoms with Gasteiger partial charge in [-0.05, 0) is 18.8 Å². The Morgan fingerprint density at radius 1 is 1.57 bits per heavy atom. The first-order chi connectivity index (χ1) is 6.61. The molecular formula is C10H13NO3. The highest BCUT2D eigenvalue weighted by Gasteiger charge is 2.34. The van der Waals surface area contributed by atoms with E-state index in [1.54, 1.807) is 0 Å². The van der Waals surface area contributed by atoms with E-state index in [0.29, 0.717) is 5.92 Å². The van der Waals surface area contributed by atoms with Crippen molar-refractivity contribution in [3.05, 3.63) is 17.0 Å². The lowest BCUT2D eigenvalue weighted by atomic mass is 9.99. The van der Waals surface area contributed by atoms with Gasteiger partial charge in [-0.2, -0.15) is 0 Å². The van der Waals surface area contributed by atoms with Crippen LogP contribution in [-0.2, 0) is 0 Å². The van der Waals surface area contributed by atoms with Gasteiger partial charge in [0.2, 0.25) is 5.76 Å². The van der Waals surface area contributed by atoms with E-state index in [9.17, 15) is 4.79 Å². The van der Waals surface area contributed by atoms with Crippen LogP contribution < -0.4 is 0 Å². The summed E-state index contributed by atoms with van der Waals surface area (Å²) in [5, 5.41) is 12.8. The number of rotatable bonds is 3. The molecule has 0 atom stereocenters. The molecule has 4 nitrogen and oxygen atoms in total. The van der Waals surface area contributed by atoms with Crippen LogP contribution in [0, 0.1) is 0 Å². The zero-order valence-electron chi connectivity index (χ0n) is 8.28. The molecule has 1 fully saturated rings. The summed E-state index contributed by atoms with van der Waals surface area (Å²) in [6.07, 6.45) is 2.20. The fourth-order valence-corrected chi connectivity index (χ4v) is 1.67. The van der Waals surface area contributed by atoms with Gasteiger partial charge in [-0.1, -0.05) is 19.0 Å². The van der Waals surface area contributed by atoms with Crippen molar-refractivity contribution in [1.82, 2.24) is 5.16 Å². The molecule has 2 rings (SSSR count).